The lowest BCUT2D eigenvalue weighted by Crippen LogP contribution is -2.37. The lowest BCUT2D eigenvalue weighted by molar-refractivity contribution is 0.353. The maximum atomic E-state index is 13.8. The Morgan fingerprint density at radius 1 is 0.821 bits per heavy atom. The number of rotatable bonds is 6. The van der Waals surface area contributed by atoms with Crippen molar-refractivity contribution in [1.82, 2.24) is 28.9 Å². The van der Waals surface area contributed by atoms with Gasteiger partial charge >= 0.3 is 11.1 Å². The highest BCUT2D eigenvalue weighted by Gasteiger charge is 2.28. The Kier molecular flexibility index (Phi) is 8.44. The monoisotopic (exact) mass is 642 g/mol. The molecule has 0 fully saturated rings. The molecule has 2 aromatic carbocycles. The molecular weight excluding hydrogens is 619 g/mol. The second-order valence-electron chi connectivity index (χ2n) is 9.52. The van der Waals surface area contributed by atoms with Crippen LogP contribution in [0.2, 0.25) is 0 Å². The van der Waals surface area contributed by atoms with Crippen molar-refractivity contribution >= 4 is 84.1 Å². The predicted molar refractivity (Wildman–Crippen MR) is 159 cm³/mol. The molecule has 0 amide bonds. The minimum atomic E-state index is -1.12. The number of fused-ring (bicyclic) bond motifs is 3. The summed E-state index contributed by atoms with van der Waals surface area (Å²) in [5.41, 5.74) is -4.39. The number of halogens is 3. The molecule has 5 rings (SSSR count). The molecule has 0 bridgehead atoms. The fourth-order valence-corrected chi connectivity index (χ4v) is 5.35. The lowest BCUT2D eigenvalue weighted by atomic mass is 9.94. The highest BCUT2D eigenvalue weighted by Crippen LogP contribution is 2.41. The molecule has 0 aliphatic rings. The minimum absolute atomic E-state index is 0. The highest BCUT2D eigenvalue weighted by atomic mass is 79.9. The standard InChI is InChI=1S/C24H23BrN6O6.2ClH/c1-28(2)5-7-30-21(34)10-9-11(25)13-14-12(10)15(23(30)36)17-18(27-20(33)19(32)26-17)16(14)24(37)31(22(13)35)8-6-29(3)4;;/h9,34H,5-8H2,1-4H3,(H,27,33);2*1H. The first-order valence-corrected chi connectivity index (χ1v) is 12.2. The molecule has 39 heavy (non-hydrogen) atoms. The smallest absolute Gasteiger partial charge is 0.335 e. The maximum absolute atomic E-state index is 13.8. The third kappa shape index (κ3) is 4.57. The summed E-state index contributed by atoms with van der Waals surface area (Å²) in [6, 6.07) is 1.52. The number of nitrogens with one attached hydrogen (secondary N) is 1. The van der Waals surface area contributed by atoms with Gasteiger partial charge in [0.2, 0.25) is 5.88 Å². The van der Waals surface area contributed by atoms with Gasteiger partial charge in [0, 0.05) is 46.8 Å². The molecule has 0 saturated heterocycles. The number of aromatic nitrogens is 4. The third-order valence-electron chi connectivity index (χ3n) is 6.56. The van der Waals surface area contributed by atoms with E-state index in [1.165, 1.54) is 6.07 Å². The molecule has 208 valence electrons. The number of aromatic hydroxyl groups is 1. The summed E-state index contributed by atoms with van der Waals surface area (Å²) in [6.07, 6.45) is 0. The van der Waals surface area contributed by atoms with Crippen molar-refractivity contribution in [3.05, 3.63) is 62.3 Å². The quantitative estimate of drug-likeness (QED) is 0.155. The second-order valence-corrected chi connectivity index (χ2v) is 10.4. The fraction of sp³-hybridized carbons (Fsp3) is 0.333. The van der Waals surface area contributed by atoms with Gasteiger partial charge in [0.15, 0.2) is 0 Å². The van der Waals surface area contributed by atoms with Crippen molar-refractivity contribution in [2.24, 2.45) is 0 Å². The van der Waals surface area contributed by atoms with Gasteiger partial charge in [-0.1, -0.05) is 0 Å². The number of H-pyrrole nitrogens is 1. The van der Waals surface area contributed by atoms with E-state index in [1.54, 1.807) is 14.1 Å². The molecule has 0 aliphatic heterocycles. The van der Waals surface area contributed by atoms with Crippen molar-refractivity contribution in [3.63, 3.8) is 0 Å². The van der Waals surface area contributed by atoms with E-state index in [0.717, 1.165) is 9.13 Å². The average molecular weight is 644 g/mol. The van der Waals surface area contributed by atoms with Gasteiger partial charge in [-0.3, -0.25) is 33.1 Å². The summed E-state index contributed by atoms with van der Waals surface area (Å²) in [4.78, 5) is 75.7. The molecule has 3 heterocycles. The Labute approximate surface area is 240 Å². The normalized spacial score (nSPS) is 11.8. The molecule has 15 heteroatoms. The molecule has 0 radical (unpaired) electrons. The van der Waals surface area contributed by atoms with E-state index in [-0.39, 0.29) is 87.1 Å². The molecule has 3 aromatic heterocycles. The molecule has 2 N–H and O–H groups in total. The van der Waals surface area contributed by atoms with Crippen LogP contribution in [0.15, 0.2) is 34.5 Å². The van der Waals surface area contributed by atoms with Crippen molar-refractivity contribution in [1.29, 1.82) is 0 Å². The Morgan fingerprint density at radius 2 is 1.36 bits per heavy atom. The van der Waals surface area contributed by atoms with Crippen LogP contribution in [0.4, 0.5) is 0 Å². The Hall–Kier alpha value is -3.10. The molecule has 12 nitrogen and oxygen atoms in total. The Bertz CT molecular complexity index is 2040. The topological polar surface area (TPSA) is 151 Å². The van der Waals surface area contributed by atoms with Gasteiger partial charge in [0.1, 0.15) is 5.52 Å². The molecule has 0 unspecified atom stereocenters. The molecule has 0 aliphatic carbocycles. The van der Waals surface area contributed by atoms with Gasteiger partial charge in [0.05, 0.1) is 21.7 Å². The van der Waals surface area contributed by atoms with Crippen LogP contribution in [0.3, 0.4) is 0 Å². The van der Waals surface area contributed by atoms with Crippen molar-refractivity contribution in [3.8, 4) is 5.88 Å². The molecule has 0 spiro atoms. The molecule has 0 saturated carbocycles. The van der Waals surface area contributed by atoms with Crippen molar-refractivity contribution in [2.45, 2.75) is 13.1 Å². The first-order valence-electron chi connectivity index (χ1n) is 11.4. The van der Waals surface area contributed by atoms with Crippen LogP contribution in [0.1, 0.15) is 0 Å². The van der Waals surface area contributed by atoms with Crippen LogP contribution in [0, 0.1) is 0 Å². The first-order chi connectivity index (χ1) is 17.4. The molecular formula is C24H25BrCl2N6O6. The first kappa shape index (κ1) is 30.4. The van der Waals surface area contributed by atoms with Crippen LogP contribution in [-0.2, 0) is 13.1 Å². The number of nitrogens with zero attached hydrogens (tertiary/aromatic N) is 5. The van der Waals surface area contributed by atoms with E-state index in [1.807, 2.05) is 23.9 Å². The van der Waals surface area contributed by atoms with Gasteiger partial charge in [0.25, 0.3) is 16.7 Å². The van der Waals surface area contributed by atoms with E-state index in [4.69, 9.17) is 0 Å². The van der Waals surface area contributed by atoms with Crippen LogP contribution in [-0.4, -0.2) is 75.3 Å². The van der Waals surface area contributed by atoms with Crippen LogP contribution < -0.4 is 27.8 Å². The Morgan fingerprint density at radius 3 is 1.95 bits per heavy atom. The summed E-state index contributed by atoms with van der Waals surface area (Å²) < 4.78 is 2.52. The largest absolute Gasteiger partial charge is 0.494 e. The number of benzene rings is 2. The number of likely N-dealkylation sites (N-methyl/N-ethyl adjacent to an activating group) is 2. The van der Waals surface area contributed by atoms with Gasteiger partial charge in [-0.05, 0) is 50.2 Å². The van der Waals surface area contributed by atoms with Crippen LogP contribution in [0.25, 0.3) is 43.4 Å². The van der Waals surface area contributed by atoms with E-state index >= 15 is 0 Å². The molecule has 5 aromatic rings. The van der Waals surface area contributed by atoms with Crippen LogP contribution in [0.5, 0.6) is 5.88 Å². The third-order valence-corrected chi connectivity index (χ3v) is 7.19. The average Bonchev–Trinajstić information content (AvgIpc) is 2.81. The van der Waals surface area contributed by atoms with Crippen molar-refractivity contribution < 1.29 is 5.11 Å². The summed E-state index contributed by atoms with van der Waals surface area (Å²) in [7, 11) is 7.22. The van der Waals surface area contributed by atoms with Gasteiger partial charge in [-0.2, -0.15) is 0 Å². The van der Waals surface area contributed by atoms with Crippen molar-refractivity contribution in [2.75, 3.05) is 41.3 Å². The second kappa shape index (κ2) is 10.8. The zero-order valence-corrected chi connectivity index (χ0v) is 24.5. The van der Waals surface area contributed by atoms with E-state index in [0.29, 0.717) is 17.6 Å². The van der Waals surface area contributed by atoms with Gasteiger partial charge in [-0.15, -0.1) is 24.8 Å². The van der Waals surface area contributed by atoms with Gasteiger partial charge in [-0.25, -0.2) is 4.98 Å². The van der Waals surface area contributed by atoms with Gasteiger partial charge < -0.3 is 19.9 Å². The number of aromatic amines is 1. The fourth-order valence-electron chi connectivity index (χ4n) is 4.76. The summed E-state index contributed by atoms with van der Waals surface area (Å²) in [5.74, 6) is -0.349. The summed E-state index contributed by atoms with van der Waals surface area (Å²) in [5, 5.41) is 11.6. The van der Waals surface area contributed by atoms with E-state index in [9.17, 15) is 29.1 Å². The lowest BCUT2D eigenvalue weighted by Gasteiger charge is -2.20. The minimum Gasteiger partial charge on any atom is -0.494 e. The molecule has 0 atom stereocenters. The zero-order chi connectivity index (χ0) is 26.9. The predicted octanol–water partition coefficient (Wildman–Crippen LogP) is 0.737. The number of hydrogen-bond acceptors (Lipinski definition) is 9. The zero-order valence-electron chi connectivity index (χ0n) is 21.3. The number of pyridine rings is 2. The summed E-state index contributed by atoms with van der Waals surface area (Å²) in [6.45, 7) is 0.980. The number of hydrogen-bond donors (Lipinski definition) is 2. The maximum Gasteiger partial charge on any atom is 0.335 e. The van der Waals surface area contributed by atoms with E-state index < -0.39 is 27.8 Å². The highest BCUT2D eigenvalue weighted by molar-refractivity contribution is 9.10. The Balaban J connectivity index is 0.00000210. The van der Waals surface area contributed by atoms with Crippen LogP contribution >= 0.6 is 40.7 Å². The SMILES string of the molecule is CN(C)CCn1c(O)c2cc(Br)c3c(=O)n(CCN(C)C)c(=O)c4c5[nH]c(=O)c(=O)nc5c(c1=O)c2c34.Cl.Cl. The van der Waals surface area contributed by atoms with E-state index in [2.05, 4.69) is 25.9 Å². The summed E-state index contributed by atoms with van der Waals surface area (Å²) >= 11 is 3.43.